The molecule has 1 aromatic carbocycles. The van der Waals surface area contributed by atoms with Crippen LogP contribution in [0.2, 0.25) is 0 Å². The van der Waals surface area contributed by atoms with Gasteiger partial charge < -0.3 is 9.88 Å². The summed E-state index contributed by atoms with van der Waals surface area (Å²) in [7, 11) is 1.82. The molecule has 1 amide bonds. The van der Waals surface area contributed by atoms with Gasteiger partial charge in [0.05, 0.1) is 5.25 Å². The van der Waals surface area contributed by atoms with Crippen molar-refractivity contribution < 1.29 is 9.18 Å². The molecule has 1 N–H and O–H groups in total. The molecule has 5 nitrogen and oxygen atoms in total. The van der Waals surface area contributed by atoms with E-state index in [1.807, 2.05) is 7.05 Å². The molecule has 0 aliphatic rings. The number of hydrogen-bond acceptors (Lipinski definition) is 4. The van der Waals surface area contributed by atoms with E-state index in [1.165, 1.54) is 23.9 Å². The van der Waals surface area contributed by atoms with E-state index in [0.717, 1.165) is 5.56 Å². The third kappa shape index (κ3) is 3.80. The molecule has 0 saturated heterocycles. The van der Waals surface area contributed by atoms with Gasteiger partial charge in [0.15, 0.2) is 5.16 Å². The normalized spacial score (nSPS) is 12.2. The summed E-state index contributed by atoms with van der Waals surface area (Å²) in [4.78, 5) is 12.0. The van der Waals surface area contributed by atoms with Gasteiger partial charge in [-0.2, -0.15) is 0 Å². The number of benzene rings is 1. The Kier molecular flexibility index (Phi) is 4.73. The fraction of sp³-hybridized carbons (Fsp3) is 0.308. The molecule has 0 saturated carbocycles. The summed E-state index contributed by atoms with van der Waals surface area (Å²) < 4.78 is 14.5. The zero-order chi connectivity index (χ0) is 14.5. The molecule has 1 heterocycles. The van der Waals surface area contributed by atoms with Crippen LogP contribution in [0, 0.1) is 5.82 Å². The number of aryl methyl sites for hydroxylation is 1. The van der Waals surface area contributed by atoms with Gasteiger partial charge in [0.25, 0.3) is 0 Å². The number of nitrogens with one attached hydrogen (secondary N) is 1. The van der Waals surface area contributed by atoms with E-state index in [1.54, 1.807) is 30.0 Å². The van der Waals surface area contributed by atoms with Crippen LogP contribution in [0.4, 0.5) is 4.39 Å². The summed E-state index contributed by atoms with van der Waals surface area (Å²) >= 11 is 1.34. The predicted octanol–water partition coefficient (Wildman–Crippen LogP) is 1.75. The molecule has 0 fully saturated rings. The first kappa shape index (κ1) is 14.5. The van der Waals surface area contributed by atoms with E-state index in [9.17, 15) is 9.18 Å². The lowest BCUT2D eigenvalue weighted by Crippen LogP contribution is -2.30. The number of aromatic nitrogens is 3. The molecular weight excluding hydrogens is 279 g/mol. The standard InChI is InChI=1S/C13H15FN4OS/c1-9(20-13-17-16-8-18(13)2)12(19)15-7-10-3-5-11(14)6-4-10/h3-6,8-9H,7H2,1-2H3,(H,15,19). The number of halogens is 1. The molecule has 1 atom stereocenters. The second kappa shape index (κ2) is 6.51. The Hall–Kier alpha value is -1.89. The van der Waals surface area contributed by atoms with Crippen molar-refractivity contribution in [2.24, 2.45) is 7.05 Å². The lowest BCUT2D eigenvalue weighted by atomic mass is 10.2. The van der Waals surface area contributed by atoms with Crippen LogP contribution >= 0.6 is 11.8 Å². The van der Waals surface area contributed by atoms with Crippen molar-refractivity contribution in [3.8, 4) is 0 Å². The van der Waals surface area contributed by atoms with Gasteiger partial charge in [-0.3, -0.25) is 4.79 Å². The highest BCUT2D eigenvalue weighted by molar-refractivity contribution is 8.00. The smallest absolute Gasteiger partial charge is 0.233 e. The Labute approximate surface area is 120 Å². The molecule has 1 unspecified atom stereocenters. The summed E-state index contributed by atoms with van der Waals surface area (Å²) in [6, 6.07) is 6.05. The van der Waals surface area contributed by atoms with Crippen molar-refractivity contribution in [1.29, 1.82) is 0 Å². The maximum absolute atomic E-state index is 12.8. The maximum atomic E-state index is 12.8. The summed E-state index contributed by atoms with van der Waals surface area (Å²) in [6.07, 6.45) is 1.59. The van der Waals surface area contributed by atoms with Gasteiger partial charge in [0, 0.05) is 13.6 Å². The van der Waals surface area contributed by atoms with Gasteiger partial charge in [-0.05, 0) is 24.6 Å². The number of thioether (sulfide) groups is 1. The molecule has 7 heteroatoms. The topological polar surface area (TPSA) is 59.8 Å². The van der Waals surface area contributed by atoms with Gasteiger partial charge in [-0.25, -0.2) is 4.39 Å². The van der Waals surface area contributed by atoms with Crippen LogP contribution in [-0.4, -0.2) is 25.9 Å². The number of rotatable bonds is 5. The lowest BCUT2D eigenvalue weighted by molar-refractivity contribution is -0.120. The molecule has 20 heavy (non-hydrogen) atoms. The summed E-state index contributed by atoms with van der Waals surface area (Å²) in [5.41, 5.74) is 0.857. The highest BCUT2D eigenvalue weighted by Crippen LogP contribution is 2.19. The zero-order valence-corrected chi connectivity index (χ0v) is 12.0. The highest BCUT2D eigenvalue weighted by Gasteiger charge is 2.16. The van der Waals surface area contributed by atoms with Crippen molar-refractivity contribution in [3.63, 3.8) is 0 Å². The van der Waals surface area contributed by atoms with Crippen LogP contribution < -0.4 is 5.32 Å². The Balaban J connectivity index is 1.85. The molecular formula is C13H15FN4OS. The second-order valence-corrected chi connectivity index (χ2v) is 5.64. The van der Waals surface area contributed by atoms with Crippen molar-refractivity contribution in [2.75, 3.05) is 0 Å². The quantitative estimate of drug-likeness (QED) is 0.854. The Morgan fingerprint density at radius 1 is 1.45 bits per heavy atom. The minimum atomic E-state index is -0.286. The Bertz CT molecular complexity index is 584. The highest BCUT2D eigenvalue weighted by atomic mass is 32.2. The minimum Gasteiger partial charge on any atom is -0.351 e. The number of hydrogen-bond donors (Lipinski definition) is 1. The molecule has 0 radical (unpaired) electrons. The zero-order valence-electron chi connectivity index (χ0n) is 11.2. The number of carbonyl (C=O) groups excluding carboxylic acids is 1. The first-order valence-corrected chi connectivity index (χ1v) is 6.97. The lowest BCUT2D eigenvalue weighted by Gasteiger charge is -2.11. The Morgan fingerprint density at radius 3 is 2.75 bits per heavy atom. The van der Waals surface area contributed by atoms with Crippen LogP contribution in [0.15, 0.2) is 35.7 Å². The average molecular weight is 294 g/mol. The van der Waals surface area contributed by atoms with E-state index < -0.39 is 0 Å². The van der Waals surface area contributed by atoms with Crippen molar-refractivity contribution in [1.82, 2.24) is 20.1 Å². The predicted molar refractivity (Wildman–Crippen MR) is 74.6 cm³/mol. The monoisotopic (exact) mass is 294 g/mol. The van der Waals surface area contributed by atoms with Crippen molar-refractivity contribution >= 4 is 17.7 Å². The third-order valence-electron chi connectivity index (χ3n) is 2.70. The van der Waals surface area contributed by atoms with Crippen LogP contribution in [0.3, 0.4) is 0 Å². The van der Waals surface area contributed by atoms with Gasteiger partial charge >= 0.3 is 0 Å². The van der Waals surface area contributed by atoms with Gasteiger partial charge in [-0.1, -0.05) is 23.9 Å². The summed E-state index contributed by atoms with van der Waals surface area (Å²) in [6.45, 7) is 2.18. The summed E-state index contributed by atoms with van der Waals surface area (Å²) in [5, 5.41) is 10.9. The molecule has 0 spiro atoms. The molecule has 106 valence electrons. The van der Waals surface area contributed by atoms with Crippen LogP contribution in [0.5, 0.6) is 0 Å². The number of nitrogens with zero attached hydrogens (tertiary/aromatic N) is 3. The van der Waals surface area contributed by atoms with Crippen LogP contribution in [0.25, 0.3) is 0 Å². The minimum absolute atomic E-state index is 0.0951. The van der Waals surface area contributed by atoms with E-state index in [2.05, 4.69) is 15.5 Å². The fourth-order valence-corrected chi connectivity index (χ4v) is 2.34. The molecule has 1 aromatic heterocycles. The largest absolute Gasteiger partial charge is 0.351 e. The average Bonchev–Trinajstić information content (AvgIpc) is 2.83. The van der Waals surface area contributed by atoms with E-state index in [0.29, 0.717) is 11.7 Å². The molecule has 2 rings (SSSR count). The molecule has 0 aliphatic carbocycles. The number of carbonyl (C=O) groups is 1. The fourth-order valence-electron chi connectivity index (χ4n) is 1.53. The van der Waals surface area contributed by atoms with Crippen molar-refractivity contribution in [3.05, 3.63) is 42.0 Å². The van der Waals surface area contributed by atoms with Gasteiger partial charge in [0.2, 0.25) is 5.91 Å². The molecule has 0 bridgehead atoms. The van der Waals surface area contributed by atoms with Gasteiger partial charge in [0.1, 0.15) is 12.1 Å². The molecule has 0 aliphatic heterocycles. The van der Waals surface area contributed by atoms with E-state index in [-0.39, 0.29) is 17.0 Å². The summed E-state index contributed by atoms with van der Waals surface area (Å²) in [5.74, 6) is -0.381. The number of amides is 1. The first-order valence-electron chi connectivity index (χ1n) is 6.09. The third-order valence-corrected chi connectivity index (χ3v) is 3.85. The van der Waals surface area contributed by atoms with E-state index >= 15 is 0 Å². The SMILES string of the molecule is CC(Sc1nncn1C)C(=O)NCc1ccc(F)cc1. The van der Waals surface area contributed by atoms with Crippen LogP contribution in [0.1, 0.15) is 12.5 Å². The van der Waals surface area contributed by atoms with Crippen molar-refractivity contribution in [2.45, 2.75) is 23.9 Å². The first-order chi connectivity index (χ1) is 9.56. The molecule has 2 aromatic rings. The van der Waals surface area contributed by atoms with E-state index in [4.69, 9.17) is 0 Å². The second-order valence-electron chi connectivity index (χ2n) is 4.33. The van der Waals surface area contributed by atoms with Gasteiger partial charge in [-0.15, -0.1) is 10.2 Å². The maximum Gasteiger partial charge on any atom is 0.233 e. The Morgan fingerprint density at radius 2 is 2.15 bits per heavy atom. The van der Waals surface area contributed by atoms with Crippen LogP contribution in [-0.2, 0) is 18.4 Å².